The van der Waals surface area contributed by atoms with Gasteiger partial charge in [0.2, 0.25) is 0 Å². The maximum atomic E-state index is 4.94. The summed E-state index contributed by atoms with van der Waals surface area (Å²) in [6.07, 6.45) is 4.94. The van der Waals surface area contributed by atoms with Crippen molar-refractivity contribution >= 4 is 0 Å². The van der Waals surface area contributed by atoms with Gasteiger partial charge in [-0.3, -0.25) is 4.90 Å². The molecule has 0 heterocycles. The zero-order chi connectivity index (χ0) is 4.99. The number of hydrogen-bond acceptors (Lipinski definition) is 1. The normalized spacial score (nSPS) is 7.14. The van der Waals surface area contributed by atoms with Gasteiger partial charge in [0.25, 0.3) is 0 Å². The average molecular weight is 99.2 g/mol. The van der Waals surface area contributed by atoms with Gasteiger partial charge in [0, 0.05) is 0 Å². The zero-order valence-corrected chi connectivity index (χ0v) is 4.23. The molecule has 1 heteroatoms. The van der Waals surface area contributed by atoms with Crippen LogP contribution in [-0.4, -0.2) is 25.5 Å². The second kappa shape index (κ2) is 5.52. The van der Waals surface area contributed by atoms with Crippen molar-refractivity contribution in [1.29, 1.82) is 0 Å². The van der Waals surface area contributed by atoms with Crippen molar-refractivity contribution in [2.75, 3.05) is 20.6 Å². The Morgan fingerprint density at radius 1 is 1.57 bits per heavy atom. The molecular formula is C6H13N. The topological polar surface area (TPSA) is 3.24 Å². The Balaban J connectivity index is 0. The lowest BCUT2D eigenvalue weighted by Gasteiger charge is -1.99. The molecule has 42 valence electrons. The van der Waals surface area contributed by atoms with Gasteiger partial charge in [0.15, 0.2) is 0 Å². The summed E-state index contributed by atoms with van der Waals surface area (Å²) in [5, 5.41) is 0. The van der Waals surface area contributed by atoms with E-state index in [0.29, 0.717) is 0 Å². The summed E-state index contributed by atoms with van der Waals surface area (Å²) in [5.74, 6) is 2.49. The number of rotatable bonds is 1. The molecule has 0 N–H and O–H groups in total. The predicted molar refractivity (Wildman–Crippen MR) is 34.1 cm³/mol. The molecule has 1 nitrogen and oxygen atoms in total. The molecular weight excluding hydrogens is 86.1 g/mol. The highest BCUT2D eigenvalue weighted by molar-refractivity contribution is 4.85. The highest BCUT2D eigenvalue weighted by atomic mass is 15.0. The van der Waals surface area contributed by atoms with Gasteiger partial charge in [0.1, 0.15) is 0 Å². The Morgan fingerprint density at radius 3 is 2.00 bits per heavy atom. The molecule has 0 aliphatic heterocycles. The second-order valence-corrected chi connectivity index (χ2v) is 1.44. The third kappa shape index (κ3) is 10.8. The fourth-order valence-corrected chi connectivity index (χ4v) is 0.183. The SMILES string of the molecule is C.C#CCN(C)C. The van der Waals surface area contributed by atoms with Crippen molar-refractivity contribution < 1.29 is 0 Å². The fourth-order valence-electron chi connectivity index (χ4n) is 0.183. The third-order valence-corrected chi connectivity index (χ3v) is 0.408. The van der Waals surface area contributed by atoms with E-state index in [9.17, 15) is 0 Å². The van der Waals surface area contributed by atoms with Gasteiger partial charge in [-0.25, -0.2) is 0 Å². The maximum absolute atomic E-state index is 4.94. The number of nitrogens with zero attached hydrogens (tertiary/aromatic N) is 1. The van der Waals surface area contributed by atoms with Crippen molar-refractivity contribution in [3.63, 3.8) is 0 Å². The largest absolute Gasteiger partial charge is 0.299 e. The molecule has 0 fully saturated rings. The van der Waals surface area contributed by atoms with Gasteiger partial charge in [-0.1, -0.05) is 13.3 Å². The minimum atomic E-state index is 0. The summed E-state index contributed by atoms with van der Waals surface area (Å²) in [6.45, 7) is 0.736. The van der Waals surface area contributed by atoms with Crippen molar-refractivity contribution in [1.82, 2.24) is 4.90 Å². The lowest BCUT2D eigenvalue weighted by atomic mass is 10.6. The van der Waals surface area contributed by atoms with Crippen LogP contribution in [0.1, 0.15) is 7.43 Å². The van der Waals surface area contributed by atoms with E-state index in [0.717, 1.165) is 6.54 Å². The molecule has 0 aromatic rings. The van der Waals surface area contributed by atoms with E-state index >= 15 is 0 Å². The van der Waals surface area contributed by atoms with Gasteiger partial charge >= 0.3 is 0 Å². The summed E-state index contributed by atoms with van der Waals surface area (Å²) in [5.41, 5.74) is 0. The Labute approximate surface area is 46.3 Å². The molecule has 0 spiro atoms. The first-order chi connectivity index (χ1) is 2.77. The van der Waals surface area contributed by atoms with Gasteiger partial charge < -0.3 is 0 Å². The summed E-state index contributed by atoms with van der Waals surface area (Å²) in [4.78, 5) is 1.94. The van der Waals surface area contributed by atoms with E-state index in [1.165, 1.54) is 0 Å². The minimum absolute atomic E-state index is 0. The van der Waals surface area contributed by atoms with Crippen LogP contribution in [0.4, 0.5) is 0 Å². The van der Waals surface area contributed by atoms with Crippen molar-refractivity contribution in [3.8, 4) is 12.3 Å². The fraction of sp³-hybridized carbons (Fsp3) is 0.667. The number of terminal acetylenes is 1. The van der Waals surface area contributed by atoms with E-state index in [2.05, 4.69) is 5.92 Å². The van der Waals surface area contributed by atoms with Gasteiger partial charge in [-0.05, 0) is 14.1 Å². The molecule has 0 aliphatic rings. The van der Waals surface area contributed by atoms with Crippen LogP contribution in [0.2, 0.25) is 0 Å². The molecule has 0 rings (SSSR count). The molecule has 0 aromatic heterocycles. The van der Waals surface area contributed by atoms with E-state index in [1.54, 1.807) is 0 Å². The summed E-state index contributed by atoms with van der Waals surface area (Å²) >= 11 is 0. The highest BCUT2D eigenvalue weighted by Crippen LogP contribution is 1.64. The summed E-state index contributed by atoms with van der Waals surface area (Å²) in [6, 6.07) is 0. The first-order valence-corrected chi connectivity index (χ1v) is 1.85. The van der Waals surface area contributed by atoms with Crippen molar-refractivity contribution in [3.05, 3.63) is 0 Å². The Hall–Kier alpha value is -0.480. The monoisotopic (exact) mass is 99.1 g/mol. The molecule has 0 amide bonds. The van der Waals surface area contributed by atoms with Gasteiger partial charge in [0.05, 0.1) is 6.54 Å². The van der Waals surface area contributed by atoms with Crippen LogP contribution in [0.15, 0.2) is 0 Å². The molecule has 0 atom stereocenters. The minimum Gasteiger partial charge on any atom is -0.299 e. The van der Waals surface area contributed by atoms with E-state index < -0.39 is 0 Å². The van der Waals surface area contributed by atoms with Gasteiger partial charge in [-0.2, -0.15) is 0 Å². The molecule has 0 bridgehead atoms. The Kier molecular flexibility index (Phi) is 7.67. The van der Waals surface area contributed by atoms with E-state index in [1.807, 2.05) is 19.0 Å². The first kappa shape index (κ1) is 9.72. The van der Waals surface area contributed by atoms with Crippen molar-refractivity contribution in [2.24, 2.45) is 0 Å². The average Bonchev–Trinajstić information content (AvgIpc) is 1.35. The molecule has 0 unspecified atom stereocenters. The lowest BCUT2D eigenvalue weighted by molar-refractivity contribution is 0.464. The zero-order valence-electron chi connectivity index (χ0n) is 4.23. The van der Waals surface area contributed by atoms with E-state index in [4.69, 9.17) is 6.42 Å². The summed E-state index contributed by atoms with van der Waals surface area (Å²) in [7, 11) is 3.89. The molecule has 7 heavy (non-hydrogen) atoms. The lowest BCUT2D eigenvalue weighted by Crippen LogP contribution is -2.10. The first-order valence-electron chi connectivity index (χ1n) is 1.85. The van der Waals surface area contributed by atoms with Crippen molar-refractivity contribution in [2.45, 2.75) is 7.43 Å². The van der Waals surface area contributed by atoms with Crippen LogP contribution in [0, 0.1) is 12.3 Å². The van der Waals surface area contributed by atoms with Crippen LogP contribution >= 0.6 is 0 Å². The standard InChI is InChI=1S/C5H9N.CH4/c1-4-5-6(2)3;/h1H,5H2,2-3H3;1H4. The summed E-state index contributed by atoms with van der Waals surface area (Å²) < 4.78 is 0. The Morgan fingerprint density at radius 2 is 2.00 bits per heavy atom. The van der Waals surface area contributed by atoms with Crippen LogP contribution in [0.3, 0.4) is 0 Å². The van der Waals surface area contributed by atoms with E-state index in [-0.39, 0.29) is 7.43 Å². The second-order valence-electron chi connectivity index (χ2n) is 1.44. The van der Waals surface area contributed by atoms with Crippen LogP contribution in [0.5, 0.6) is 0 Å². The van der Waals surface area contributed by atoms with Gasteiger partial charge in [-0.15, -0.1) is 6.42 Å². The third-order valence-electron chi connectivity index (χ3n) is 0.408. The molecule has 0 radical (unpaired) electrons. The Bertz CT molecular complexity index is 59.1. The smallest absolute Gasteiger partial charge is 0.0593 e. The predicted octanol–water partition coefficient (Wildman–Crippen LogP) is 0.817. The molecule has 0 aliphatic carbocycles. The molecule has 0 saturated heterocycles. The maximum Gasteiger partial charge on any atom is 0.0593 e. The van der Waals surface area contributed by atoms with Crippen LogP contribution < -0.4 is 0 Å². The molecule has 0 saturated carbocycles. The highest BCUT2D eigenvalue weighted by Gasteiger charge is 1.75. The quantitative estimate of drug-likeness (QED) is 0.440. The molecule has 0 aromatic carbocycles. The van der Waals surface area contributed by atoms with Crippen LogP contribution in [-0.2, 0) is 0 Å². The number of hydrogen-bond donors (Lipinski definition) is 0. The van der Waals surface area contributed by atoms with Crippen LogP contribution in [0.25, 0.3) is 0 Å².